The van der Waals surface area contributed by atoms with Crippen molar-refractivity contribution in [3.8, 4) is 0 Å². The number of nitrogens with zero attached hydrogens (tertiary/aromatic N) is 1. The summed E-state index contributed by atoms with van der Waals surface area (Å²) in [5.41, 5.74) is 0. The molecule has 0 atom stereocenters. The van der Waals surface area contributed by atoms with E-state index in [9.17, 15) is 4.79 Å². The quantitative estimate of drug-likeness (QED) is 0.438. The molecule has 0 N–H and O–H groups in total. The summed E-state index contributed by atoms with van der Waals surface area (Å²) in [7, 11) is 0. The molecule has 1 amide bonds. The third-order valence-corrected chi connectivity index (χ3v) is 1.17. The molecule has 0 aliphatic rings. The Kier molecular flexibility index (Phi) is 4.14. The summed E-state index contributed by atoms with van der Waals surface area (Å²) in [4.78, 5) is 10.6. The zero-order valence-electron chi connectivity index (χ0n) is 5.43. The predicted octanol–water partition coefficient (Wildman–Crippen LogP) is 1.56. The van der Waals surface area contributed by atoms with Gasteiger partial charge in [0, 0.05) is 18.3 Å². The van der Waals surface area contributed by atoms with E-state index in [1.54, 1.807) is 0 Å². The number of hydrogen-bond acceptors (Lipinski definition) is 1. The highest BCUT2D eigenvalue weighted by molar-refractivity contribution is 6.22. The van der Waals surface area contributed by atoms with Crippen LogP contribution in [-0.4, -0.2) is 16.9 Å². The van der Waals surface area contributed by atoms with Crippen LogP contribution in [0.3, 0.4) is 0 Å². The van der Waals surface area contributed by atoms with Crippen molar-refractivity contribution < 1.29 is 4.79 Å². The number of rotatable bonds is 3. The van der Waals surface area contributed by atoms with Crippen LogP contribution in [0.25, 0.3) is 0 Å². The fourth-order valence-electron chi connectivity index (χ4n) is 0.406. The van der Waals surface area contributed by atoms with E-state index in [0.717, 1.165) is 10.8 Å². The van der Waals surface area contributed by atoms with Crippen LogP contribution < -0.4 is 0 Å². The first kappa shape index (κ1) is 8.50. The van der Waals surface area contributed by atoms with Crippen molar-refractivity contribution in [2.24, 2.45) is 0 Å². The van der Waals surface area contributed by atoms with Crippen LogP contribution in [0, 0.1) is 0 Å². The zero-order chi connectivity index (χ0) is 7.28. The van der Waals surface area contributed by atoms with Gasteiger partial charge in [-0.15, -0.1) is 0 Å². The summed E-state index contributed by atoms with van der Waals surface area (Å²) in [6.45, 7) is 5.81. The highest BCUT2D eigenvalue weighted by Crippen LogP contribution is 1.96. The maximum absolute atomic E-state index is 10.6. The van der Waals surface area contributed by atoms with Crippen LogP contribution in [-0.2, 0) is 4.79 Å². The van der Waals surface area contributed by atoms with Crippen LogP contribution in [0.4, 0.5) is 0 Å². The standard InChI is InChI=1S/C6H10ClNO/c1-3-5-8(7)6(9)4-2/h4H,2-3,5H2,1H3. The zero-order valence-corrected chi connectivity index (χ0v) is 6.19. The van der Waals surface area contributed by atoms with Crippen molar-refractivity contribution in [1.82, 2.24) is 4.42 Å². The molecule has 52 valence electrons. The third-order valence-electron chi connectivity index (χ3n) is 0.834. The molecule has 3 heteroatoms. The van der Waals surface area contributed by atoms with E-state index < -0.39 is 0 Å². The van der Waals surface area contributed by atoms with Crippen LogP contribution >= 0.6 is 11.8 Å². The third kappa shape index (κ3) is 3.14. The summed E-state index contributed by atoms with van der Waals surface area (Å²) in [5, 5.41) is 0. The molecule has 0 saturated carbocycles. The molecule has 2 nitrogen and oxygen atoms in total. The lowest BCUT2D eigenvalue weighted by molar-refractivity contribution is -0.121. The van der Waals surface area contributed by atoms with Gasteiger partial charge in [-0.25, -0.2) is 0 Å². The van der Waals surface area contributed by atoms with Gasteiger partial charge < -0.3 is 0 Å². The lowest BCUT2D eigenvalue weighted by Gasteiger charge is -2.07. The van der Waals surface area contributed by atoms with Gasteiger partial charge in [-0.05, 0) is 12.5 Å². The molecule has 9 heavy (non-hydrogen) atoms. The average molecular weight is 148 g/mol. The molecule has 0 aliphatic carbocycles. The Bertz CT molecular complexity index is 114. The van der Waals surface area contributed by atoms with Gasteiger partial charge in [0.2, 0.25) is 0 Å². The van der Waals surface area contributed by atoms with Crippen molar-refractivity contribution in [3.63, 3.8) is 0 Å². The lowest BCUT2D eigenvalue weighted by Crippen LogP contribution is -2.19. The number of halogens is 1. The molecule has 0 spiro atoms. The minimum absolute atomic E-state index is 0.237. The van der Waals surface area contributed by atoms with Gasteiger partial charge in [0.25, 0.3) is 5.91 Å². The largest absolute Gasteiger partial charge is 0.268 e. The smallest absolute Gasteiger partial charge is 0.260 e. The molecule has 0 rings (SSSR count). The molecule has 0 fully saturated rings. The van der Waals surface area contributed by atoms with Crippen molar-refractivity contribution in [2.45, 2.75) is 13.3 Å². The Morgan fingerprint density at radius 1 is 1.89 bits per heavy atom. The van der Waals surface area contributed by atoms with Crippen LogP contribution in [0.2, 0.25) is 0 Å². The Morgan fingerprint density at radius 2 is 2.44 bits per heavy atom. The maximum atomic E-state index is 10.6. The first-order chi connectivity index (χ1) is 4.22. The van der Waals surface area contributed by atoms with Crippen molar-refractivity contribution >= 4 is 17.7 Å². The van der Waals surface area contributed by atoms with Crippen LogP contribution in [0.15, 0.2) is 12.7 Å². The highest BCUT2D eigenvalue weighted by Gasteiger charge is 2.02. The van der Waals surface area contributed by atoms with Crippen LogP contribution in [0.5, 0.6) is 0 Å². The number of hydrogen-bond donors (Lipinski definition) is 0. The Hall–Kier alpha value is -0.500. The molecule has 0 unspecified atom stereocenters. The van der Waals surface area contributed by atoms with E-state index in [-0.39, 0.29) is 5.91 Å². The summed E-state index contributed by atoms with van der Waals surface area (Å²) < 4.78 is 1.12. The van der Waals surface area contributed by atoms with Crippen LogP contribution in [0.1, 0.15) is 13.3 Å². The average Bonchev–Trinajstić information content (AvgIpc) is 1.87. The molecule has 0 saturated heterocycles. The molecule has 0 heterocycles. The topological polar surface area (TPSA) is 20.3 Å². The van der Waals surface area contributed by atoms with E-state index in [2.05, 4.69) is 6.58 Å². The fraction of sp³-hybridized carbons (Fsp3) is 0.500. The molecule has 0 radical (unpaired) electrons. The van der Waals surface area contributed by atoms with Gasteiger partial charge in [0.15, 0.2) is 0 Å². The van der Waals surface area contributed by atoms with E-state index >= 15 is 0 Å². The first-order valence-electron chi connectivity index (χ1n) is 2.82. The molecular weight excluding hydrogens is 138 g/mol. The molecule has 0 bridgehead atoms. The summed E-state index contributed by atoms with van der Waals surface area (Å²) >= 11 is 5.44. The Balaban J connectivity index is 3.58. The molecule has 0 aromatic rings. The van der Waals surface area contributed by atoms with Gasteiger partial charge >= 0.3 is 0 Å². The predicted molar refractivity (Wildman–Crippen MR) is 38.1 cm³/mol. The minimum Gasteiger partial charge on any atom is -0.268 e. The normalized spacial score (nSPS) is 8.67. The van der Waals surface area contributed by atoms with Gasteiger partial charge in [0.05, 0.1) is 0 Å². The van der Waals surface area contributed by atoms with E-state index in [4.69, 9.17) is 11.8 Å². The lowest BCUT2D eigenvalue weighted by atomic mass is 10.4. The molecule has 0 aliphatic heterocycles. The maximum Gasteiger partial charge on any atom is 0.260 e. The van der Waals surface area contributed by atoms with Crippen molar-refractivity contribution in [3.05, 3.63) is 12.7 Å². The van der Waals surface area contributed by atoms with Crippen molar-refractivity contribution in [1.29, 1.82) is 0 Å². The second-order valence-electron chi connectivity index (χ2n) is 1.63. The number of carbonyl (C=O) groups excluding carboxylic acids is 1. The summed E-state index contributed by atoms with van der Waals surface area (Å²) in [6.07, 6.45) is 2.06. The summed E-state index contributed by atoms with van der Waals surface area (Å²) in [5.74, 6) is -0.237. The minimum atomic E-state index is -0.237. The fourth-order valence-corrected chi connectivity index (χ4v) is 0.644. The van der Waals surface area contributed by atoms with Gasteiger partial charge in [-0.2, -0.15) is 0 Å². The van der Waals surface area contributed by atoms with E-state index in [0.29, 0.717) is 6.54 Å². The summed E-state index contributed by atoms with van der Waals surface area (Å²) in [6, 6.07) is 0. The number of amides is 1. The van der Waals surface area contributed by atoms with Gasteiger partial charge in [-0.1, -0.05) is 13.5 Å². The Labute approximate surface area is 60.2 Å². The van der Waals surface area contributed by atoms with Crippen molar-refractivity contribution in [2.75, 3.05) is 6.54 Å². The second-order valence-corrected chi connectivity index (χ2v) is 2.04. The molecular formula is C6H10ClNO. The van der Waals surface area contributed by atoms with E-state index in [1.165, 1.54) is 6.08 Å². The monoisotopic (exact) mass is 147 g/mol. The molecule has 0 aromatic heterocycles. The highest BCUT2D eigenvalue weighted by atomic mass is 35.5. The van der Waals surface area contributed by atoms with E-state index in [1.807, 2.05) is 6.92 Å². The SMILES string of the molecule is C=CC(=O)N(Cl)CCC. The number of carbonyl (C=O) groups is 1. The second kappa shape index (κ2) is 4.39. The van der Waals surface area contributed by atoms with Gasteiger partial charge in [0.1, 0.15) is 0 Å². The Morgan fingerprint density at radius 3 is 2.78 bits per heavy atom. The van der Waals surface area contributed by atoms with Gasteiger partial charge in [-0.3, -0.25) is 9.21 Å². The molecule has 0 aromatic carbocycles. The first-order valence-corrected chi connectivity index (χ1v) is 3.16.